The minimum atomic E-state index is -3.34. The minimum absolute atomic E-state index is 0.00876. The van der Waals surface area contributed by atoms with Crippen LogP contribution in [0.3, 0.4) is 0 Å². The van der Waals surface area contributed by atoms with Gasteiger partial charge in [-0.2, -0.15) is 0 Å². The maximum absolute atomic E-state index is 12.0. The lowest BCUT2D eigenvalue weighted by molar-refractivity contribution is -0.131. The second-order valence-electron chi connectivity index (χ2n) is 4.50. The third kappa shape index (κ3) is 3.64. The molecule has 0 aromatic rings. The van der Waals surface area contributed by atoms with Gasteiger partial charge in [-0.15, -0.1) is 0 Å². The number of amides is 1. The molecule has 0 bridgehead atoms. The fourth-order valence-corrected chi connectivity index (χ4v) is 2.56. The highest BCUT2D eigenvalue weighted by molar-refractivity contribution is 7.92. The molecule has 0 aromatic carbocycles. The molecular weight excluding hydrogens is 260 g/mol. The SMILES string of the molecule is CC(C(=O)N1CCCC(C(N)=S)C1)S(C)(=O)=O. The van der Waals surface area contributed by atoms with Crippen molar-refractivity contribution in [2.75, 3.05) is 19.3 Å². The maximum Gasteiger partial charge on any atom is 0.240 e. The highest BCUT2D eigenvalue weighted by Crippen LogP contribution is 2.18. The number of nitrogens with two attached hydrogens (primary N) is 1. The number of carbonyl (C=O) groups is 1. The van der Waals surface area contributed by atoms with E-state index in [4.69, 9.17) is 18.0 Å². The largest absolute Gasteiger partial charge is 0.393 e. The molecule has 17 heavy (non-hydrogen) atoms. The Morgan fingerprint density at radius 3 is 2.59 bits per heavy atom. The van der Waals surface area contributed by atoms with Crippen molar-refractivity contribution in [3.05, 3.63) is 0 Å². The molecule has 2 unspecified atom stereocenters. The van der Waals surface area contributed by atoms with Crippen LogP contribution in [0.25, 0.3) is 0 Å². The van der Waals surface area contributed by atoms with E-state index in [-0.39, 0.29) is 11.8 Å². The number of hydrogen-bond acceptors (Lipinski definition) is 4. The molecule has 0 radical (unpaired) electrons. The molecule has 5 nitrogen and oxygen atoms in total. The zero-order valence-electron chi connectivity index (χ0n) is 10.0. The van der Waals surface area contributed by atoms with Crippen LogP contribution >= 0.6 is 12.2 Å². The van der Waals surface area contributed by atoms with Gasteiger partial charge in [0.05, 0.1) is 4.99 Å². The Bertz CT molecular complexity index is 419. The number of nitrogens with zero attached hydrogens (tertiary/aromatic N) is 1. The van der Waals surface area contributed by atoms with E-state index in [2.05, 4.69) is 0 Å². The van der Waals surface area contributed by atoms with Crippen molar-refractivity contribution in [3.8, 4) is 0 Å². The Morgan fingerprint density at radius 2 is 2.12 bits per heavy atom. The van der Waals surface area contributed by atoms with E-state index in [1.54, 1.807) is 4.90 Å². The number of piperidine rings is 1. The van der Waals surface area contributed by atoms with E-state index in [9.17, 15) is 13.2 Å². The van der Waals surface area contributed by atoms with Crippen molar-refractivity contribution >= 4 is 33.0 Å². The summed E-state index contributed by atoms with van der Waals surface area (Å²) in [6, 6.07) is 0. The van der Waals surface area contributed by atoms with Crippen LogP contribution in [0.4, 0.5) is 0 Å². The van der Waals surface area contributed by atoms with E-state index in [1.807, 2.05) is 0 Å². The third-order valence-electron chi connectivity index (χ3n) is 3.13. The second kappa shape index (κ2) is 5.30. The summed E-state index contributed by atoms with van der Waals surface area (Å²) >= 11 is 4.92. The maximum atomic E-state index is 12.0. The summed E-state index contributed by atoms with van der Waals surface area (Å²) in [6.07, 6.45) is 2.75. The van der Waals surface area contributed by atoms with E-state index >= 15 is 0 Å². The van der Waals surface area contributed by atoms with Gasteiger partial charge in [-0.3, -0.25) is 4.79 Å². The molecule has 2 N–H and O–H groups in total. The second-order valence-corrected chi connectivity index (χ2v) is 7.34. The molecule has 0 aliphatic carbocycles. The van der Waals surface area contributed by atoms with Crippen molar-refractivity contribution in [1.82, 2.24) is 4.90 Å². The summed E-state index contributed by atoms with van der Waals surface area (Å²) < 4.78 is 22.7. The summed E-state index contributed by atoms with van der Waals surface area (Å²) in [6.45, 7) is 2.44. The third-order valence-corrected chi connectivity index (χ3v) is 4.94. The minimum Gasteiger partial charge on any atom is -0.393 e. The Morgan fingerprint density at radius 1 is 1.53 bits per heavy atom. The fraction of sp³-hybridized carbons (Fsp3) is 0.800. The van der Waals surface area contributed by atoms with Crippen LogP contribution < -0.4 is 5.73 Å². The number of hydrogen-bond donors (Lipinski definition) is 1. The van der Waals surface area contributed by atoms with Crippen LogP contribution in [0, 0.1) is 5.92 Å². The summed E-state index contributed by atoms with van der Waals surface area (Å²) in [7, 11) is -3.34. The number of carbonyl (C=O) groups excluding carboxylic acids is 1. The van der Waals surface area contributed by atoms with Crippen LogP contribution in [0.1, 0.15) is 19.8 Å². The van der Waals surface area contributed by atoms with E-state index in [1.165, 1.54) is 6.92 Å². The van der Waals surface area contributed by atoms with Gasteiger partial charge in [0.1, 0.15) is 5.25 Å². The molecule has 7 heteroatoms. The highest BCUT2D eigenvalue weighted by atomic mass is 32.2. The highest BCUT2D eigenvalue weighted by Gasteiger charge is 2.32. The van der Waals surface area contributed by atoms with Gasteiger partial charge >= 0.3 is 0 Å². The first-order valence-corrected chi connectivity index (χ1v) is 7.86. The molecule has 0 saturated carbocycles. The lowest BCUT2D eigenvalue weighted by Crippen LogP contribution is -2.48. The first kappa shape index (κ1) is 14.4. The number of rotatable bonds is 3. The van der Waals surface area contributed by atoms with Gasteiger partial charge in [0, 0.05) is 25.3 Å². The Hall–Kier alpha value is -0.690. The predicted octanol–water partition coefficient (Wildman–Crippen LogP) is -0.0558. The molecule has 1 saturated heterocycles. The average molecular weight is 278 g/mol. The molecule has 1 heterocycles. The summed E-state index contributed by atoms with van der Waals surface area (Å²) in [4.78, 5) is 13.9. The molecule has 2 atom stereocenters. The van der Waals surface area contributed by atoms with Crippen molar-refractivity contribution in [2.45, 2.75) is 25.0 Å². The lowest BCUT2D eigenvalue weighted by Gasteiger charge is -2.33. The van der Waals surface area contributed by atoms with Crippen LogP contribution in [0.5, 0.6) is 0 Å². The monoisotopic (exact) mass is 278 g/mol. The molecular formula is C10H18N2O3S2. The van der Waals surface area contributed by atoms with Crippen LogP contribution in [-0.2, 0) is 14.6 Å². The first-order chi connectivity index (χ1) is 7.73. The molecule has 0 spiro atoms. The van der Waals surface area contributed by atoms with Crippen LogP contribution in [0.15, 0.2) is 0 Å². The molecule has 1 aliphatic heterocycles. The molecule has 1 amide bonds. The summed E-state index contributed by atoms with van der Waals surface area (Å²) in [5.41, 5.74) is 5.57. The van der Waals surface area contributed by atoms with E-state index in [0.29, 0.717) is 18.1 Å². The molecule has 1 aliphatic rings. The van der Waals surface area contributed by atoms with Crippen LogP contribution in [-0.4, -0.2) is 48.8 Å². The molecule has 1 rings (SSSR count). The van der Waals surface area contributed by atoms with Gasteiger partial charge in [0.15, 0.2) is 9.84 Å². The van der Waals surface area contributed by atoms with Crippen molar-refractivity contribution in [3.63, 3.8) is 0 Å². The topological polar surface area (TPSA) is 80.5 Å². The Kier molecular flexibility index (Phi) is 4.48. The van der Waals surface area contributed by atoms with Crippen molar-refractivity contribution in [1.29, 1.82) is 0 Å². The van der Waals surface area contributed by atoms with Crippen molar-refractivity contribution < 1.29 is 13.2 Å². The number of likely N-dealkylation sites (tertiary alicyclic amines) is 1. The van der Waals surface area contributed by atoms with Gasteiger partial charge in [-0.25, -0.2) is 8.42 Å². The van der Waals surface area contributed by atoms with Gasteiger partial charge in [-0.05, 0) is 19.8 Å². The number of thiocarbonyl (C=S) groups is 1. The number of sulfone groups is 1. The normalized spacial score (nSPS) is 23.2. The van der Waals surface area contributed by atoms with E-state index < -0.39 is 15.1 Å². The molecule has 1 fully saturated rings. The fourth-order valence-electron chi connectivity index (χ4n) is 1.85. The van der Waals surface area contributed by atoms with E-state index in [0.717, 1.165) is 19.1 Å². The Labute approximate surface area is 107 Å². The van der Waals surface area contributed by atoms with Crippen molar-refractivity contribution in [2.24, 2.45) is 11.7 Å². The van der Waals surface area contributed by atoms with Gasteiger partial charge in [-0.1, -0.05) is 12.2 Å². The quantitative estimate of drug-likeness (QED) is 0.732. The standard InChI is InChI=1S/C10H18N2O3S2/c1-7(17(2,14)15)10(13)12-5-3-4-8(6-12)9(11)16/h7-8H,3-6H2,1-2H3,(H2,11,16). The predicted molar refractivity (Wildman–Crippen MR) is 70.4 cm³/mol. The smallest absolute Gasteiger partial charge is 0.240 e. The van der Waals surface area contributed by atoms with Gasteiger partial charge in [0.2, 0.25) is 5.91 Å². The van der Waals surface area contributed by atoms with Gasteiger partial charge in [0.25, 0.3) is 0 Å². The molecule has 0 aromatic heterocycles. The zero-order chi connectivity index (χ0) is 13.2. The summed E-state index contributed by atoms with van der Waals surface area (Å²) in [5.74, 6) is -0.345. The lowest BCUT2D eigenvalue weighted by atomic mass is 9.98. The van der Waals surface area contributed by atoms with Crippen LogP contribution in [0.2, 0.25) is 0 Å². The average Bonchev–Trinajstić information content (AvgIpc) is 2.26. The zero-order valence-corrected chi connectivity index (χ0v) is 11.7. The first-order valence-electron chi connectivity index (χ1n) is 5.50. The Balaban J connectivity index is 2.73. The summed E-state index contributed by atoms with van der Waals surface area (Å²) in [5, 5.41) is -0.993. The van der Waals surface area contributed by atoms with Gasteiger partial charge < -0.3 is 10.6 Å². The molecule has 98 valence electrons.